The standard InChI is InChI=1S/C14H12Br2N2OS/c1-9-6-10(15)2-4-12(9)20-8-14(19)18-13-5-3-11(16)7-17-13/h2-7H,8H2,1H3,(H,17,18,19). The van der Waals surface area contributed by atoms with E-state index in [0.717, 1.165) is 19.4 Å². The Morgan fingerprint density at radius 3 is 2.65 bits per heavy atom. The number of thioether (sulfide) groups is 1. The van der Waals surface area contributed by atoms with Gasteiger partial charge in [0.25, 0.3) is 0 Å². The van der Waals surface area contributed by atoms with Gasteiger partial charge in [-0.15, -0.1) is 11.8 Å². The maximum atomic E-state index is 11.9. The van der Waals surface area contributed by atoms with Gasteiger partial charge in [0.15, 0.2) is 0 Å². The van der Waals surface area contributed by atoms with Crippen molar-refractivity contribution in [1.29, 1.82) is 0 Å². The van der Waals surface area contributed by atoms with Crippen LogP contribution < -0.4 is 5.32 Å². The smallest absolute Gasteiger partial charge is 0.235 e. The molecular formula is C14H12Br2N2OS. The normalized spacial score (nSPS) is 10.3. The lowest BCUT2D eigenvalue weighted by atomic mass is 10.2. The first-order valence-corrected chi connectivity index (χ1v) is 8.42. The molecular weight excluding hydrogens is 404 g/mol. The van der Waals surface area contributed by atoms with E-state index in [1.165, 1.54) is 11.8 Å². The van der Waals surface area contributed by atoms with Crippen LogP contribution in [0.5, 0.6) is 0 Å². The van der Waals surface area contributed by atoms with Crippen LogP contribution >= 0.6 is 43.6 Å². The fourth-order valence-electron chi connectivity index (χ4n) is 1.55. The number of hydrogen-bond donors (Lipinski definition) is 1. The third kappa shape index (κ3) is 4.61. The van der Waals surface area contributed by atoms with Crippen LogP contribution in [0.25, 0.3) is 0 Å². The molecule has 2 aromatic rings. The molecule has 1 heterocycles. The quantitative estimate of drug-likeness (QED) is 0.739. The summed E-state index contributed by atoms with van der Waals surface area (Å²) in [5, 5.41) is 2.77. The van der Waals surface area contributed by atoms with Crippen LogP contribution in [0.2, 0.25) is 0 Å². The molecule has 0 spiro atoms. The fourth-order valence-corrected chi connectivity index (χ4v) is 3.07. The van der Waals surface area contributed by atoms with Crippen LogP contribution in [0.4, 0.5) is 5.82 Å². The number of rotatable bonds is 4. The van der Waals surface area contributed by atoms with Crippen LogP contribution in [0, 0.1) is 6.92 Å². The molecule has 0 aliphatic carbocycles. The third-order valence-electron chi connectivity index (χ3n) is 2.49. The topological polar surface area (TPSA) is 42.0 Å². The Hall–Kier alpha value is -0.850. The number of pyridine rings is 1. The van der Waals surface area contributed by atoms with Gasteiger partial charge < -0.3 is 5.32 Å². The second kappa shape index (κ2) is 7.24. The first-order valence-electron chi connectivity index (χ1n) is 5.85. The zero-order chi connectivity index (χ0) is 14.5. The Morgan fingerprint density at radius 1 is 1.25 bits per heavy atom. The molecule has 1 amide bonds. The number of halogens is 2. The van der Waals surface area contributed by atoms with Crippen LogP contribution in [0.3, 0.4) is 0 Å². The molecule has 0 fully saturated rings. The number of aryl methyl sites for hydroxylation is 1. The Kier molecular flexibility index (Phi) is 5.63. The van der Waals surface area contributed by atoms with Crippen molar-refractivity contribution in [2.45, 2.75) is 11.8 Å². The summed E-state index contributed by atoms with van der Waals surface area (Å²) in [6, 6.07) is 9.63. The Balaban J connectivity index is 1.90. The van der Waals surface area contributed by atoms with Crippen LogP contribution in [0.15, 0.2) is 50.4 Å². The summed E-state index contributed by atoms with van der Waals surface area (Å²) in [5.41, 5.74) is 1.15. The number of carbonyl (C=O) groups excluding carboxylic acids is 1. The number of anilines is 1. The van der Waals surface area contributed by atoms with E-state index in [1.54, 1.807) is 12.3 Å². The van der Waals surface area contributed by atoms with E-state index >= 15 is 0 Å². The molecule has 0 aliphatic heterocycles. The van der Waals surface area contributed by atoms with Gasteiger partial charge in [-0.1, -0.05) is 15.9 Å². The SMILES string of the molecule is Cc1cc(Br)ccc1SCC(=O)Nc1ccc(Br)cn1. The van der Waals surface area contributed by atoms with E-state index in [9.17, 15) is 4.79 Å². The van der Waals surface area contributed by atoms with Crippen LogP contribution in [0.1, 0.15) is 5.56 Å². The third-order valence-corrected chi connectivity index (χ3v) is 4.63. The number of amides is 1. The van der Waals surface area contributed by atoms with Crippen molar-refractivity contribution >= 4 is 55.3 Å². The summed E-state index contributed by atoms with van der Waals surface area (Å²) >= 11 is 8.25. The van der Waals surface area contributed by atoms with Gasteiger partial charge in [-0.25, -0.2) is 4.98 Å². The number of hydrogen-bond acceptors (Lipinski definition) is 3. The van der Waals surface area contributed by atoms with Crippen molar-refractivity contribution < 1.29 is 4.79 Å². The zero-order valence-electron chi connectivity index (χ0n) is 10.7. The number of benzene rings is 1. The maximum absolute atomic E-state index is 11.9. The predicted octanol–water partition coefficient (Wildman–Crippen LogP) is 4.65. The van der Waals surface area contributed by atoms with Crippen molar-refractivity contribution in [2.75, 3.05) is 11.1 Å². The molecule has 3 nitrogen and oxygen atoms in total. The predicted molar refractivity (Wildman–Crippen MR) is 90.2 cm³/mol. The highest BCUT2D eigenvalue weighted by atomic mass is 79.9. The molecule has 0 radical (unpaired) electrons. The summed E-state index contributed by atoms with van der Waals surface area (Å²) in [6.07, 6.45) is 1.65. The van der Waals surface area contributed by atoms with E-state index in [4.69, 9.17) is 0 Å². The molecule has 6 heteroatoms. The highest BCUT2D eigenvalue weighted by Crippen LogP contribution is 2.25. The summed E-state index contributed by atoms with van der Waals surface area (Å²) in [4.78, 5) is 17.1. The van der Waals surface area contributed by atoms with Gasteiger partial charge in [0.1, 0.15) is 5.82 Å². The number of nitrogens with zero attached hydrogens (tertiary/aromatic N) is 1. The van der Waals surface area contributed by atoms with Crippen molar-refractivity contribution in [3.63, 3.8) is 0 Å². The second-order valence-corrected chi connectivity index (χ2v) is 6.96. The van der Waals surface area contributed by atoms with Gasteiger partial charge in [0.05, 0.1) is 5.75 Å². The first-order chi connectivity index (χ1) is 9.54. The Bertz CT molecular complexity index is 617. The first kappa shape index (κ1) is 15.5. The lowest BCUT2D eigenvalue weighted by Crippen LogP contribution is -2.14. The Morgan fingerprint density at radius 2 is 2.00 bits per heavy atom. The van der Waals surface area contributed by atoms with Crippen molar-refractivity contribution in [2.24, 2.45) is 0 Å². The Labute approximate surface area is 138 Å². The van der Waals surface area contributed by atoms with E-state index < -0.39 is 0 Å². The summed E-state index contributed by atoms with van der Waals surface area (Å²) < 4.78 is 1.93. The molecule has 104 valence electrons. The molecule has 0 saturated heterocycles. The van der Waals surface area contributed by atoms with Gasteiger partial charge in [-0.2, -0.15) is 0 Å². The molecule has 1 aromatic carbocycles. The number of carbonyl (C=O) groups is 1. The van der Waals surface area contributed by atoms with E-state index in [1.807, 2.05) is 31.2 Å². The largest absolute Gasteiger partial charge is 0.310 e. The van der Waals surface area contributed by atoms with Crippen LogP contribution in [-0.4, -0.2) is 16.6 Å². The summed E-state index contributed by atoms with van der Waals surface area (Å²) in [5.74, 6) is 0.860. The fraction of sp³-hybridized carbons (Fsp3) is 0.143. The lowest BCUT2D eigenvalue weighted by Gasteiger charge is -2.07. The number of nitrogens with one attached hydrogen (secondary N) is 1. The monoisotopic (exact) mass is 414 g/mol. The maximum Gasteiger partial charge on any atom is 0.235 e. The van der Waals surface area contributed by atoms with E-state index in [-0.39, 0.29) is 5.91 Å². The minimum atomic E-state index is -0.0628. The molecule has 1 N–H and O–H groups in total. The number of aromatic nitrogens is 1. The highest BCUT2D eigenvalue weighted by molar-refractivity contribution is 9.10. The molecule has 2 rings (SSSR count). The highest BCUT2D eigenvalue weighted by Gasteiger charge is 2.06. The molecule has 20 heavy (non-hydrogen) atoms. The van der Waals surface area contributed by atoms with E-state index in [0.29, 0.717) is 11.6 Å². The minimum absolute atomic E-state index is 0.0628. The second-order valence-electron chi connectivity index (χ2n) is 4.11. The summed E-state index contributed by atoms with van der Waals surface area (Å²) in [6.45, 7) is 2.03. The molecule has 0 bridgehead atoms. The van der Waals surface area contributed by atoms with Crippen molar-refractivity contribution in [1.82, 2.24) is 4.98 Å². The molecule has 0 saturated carbocycles. The average molecular weight is 416 g/mol. The lowest BCUT2D eigenvalue weighted by molar-refractivity contribution is -0.113. The minimum Gasteiger partial charge on any atom is -0.310 e. The van der Waals surface area contributed by atoms with Crippen molar-refractivity contribution in [3.05, 3.63) is 51.0 Å². The van der Waals surface area contributed by atoms with E-state index in [2.05, 4.69) is 42.2 Å². The molecule has 1 aromatic heterocycles. The van der Waals surface area contributed by atoms with Gasteiger partial charge in [-0.3, -0.25) is 4.79 Å². The van der Waals surface area contributed by atoms with Crippen molar-refractivity contribution in [3.8, 4) is 0 Å². The molecule has 0 unspecified atom stereocenters. The average Bonchev–Trinajstić information content (AvgIpc) is 2.40. The van der Waals surface area contributed by atoms with Gasteiger partial charge in [0.2, 0.25) is 5.91 Å². The van der Waals surface area contributed by atoms with Gasteiger partial charge in [0, 0.05) is 20.0 Å². The molecule has 0 atom stereocenters. The molecule has 0 aliphatic rings. The zero-order valence-corrected chi connectivity index (χ0v) is 14.7. The summed E-state index contributed by atoms with van der Waals surface area (Å²) in [7, 11) is 0. The van der Waals surface area contributed by atoms with Gasteiger partial charge in [-0.05, 0) is 58.7 Å². The van der Waals surface area contributed by atoms with Gasteiger partial charge >= 0.3 is 0 Å². The van der Waals surface area contributed by atoms with Crippen LogP contribution in [-0.2, 0) is 4.79 Å².